The lowest BCUT2D eigenvalue weighted by Crippen LogP contribution is -1.93. The molecule has 2 heterocycles. The largest absolute Gasteiger partial charge is 0.290 e. The van der Waals surface area contributed by atoms with Crippen molar-refractivity contribution in [1.82, 2.24) is 14.5 Å². The third-order valence-electron chi connectivity index (χ3n) is 2.81. The number of aromatic nitrogens is 3. The zero-order valence-electron chi connectivity index (χ0n) is 12.1. The first kappa shape index (κ1) is 14.0. The summed E-state index contributed by atoms with van der Waals surface area (Å²) in [4.78, 5) is 8.79. The van der Waals surface area contributed by atoms with Gasteiger partial charge in [0, 0.05) is 18.0 Å². The molecule has 102 valence electrons. The highest BCUT2D eigenvalue weighted by molar-refractivity contribution is 5.58. The highest BCUT2D eigenvalue weighted by Gasteiger charge is 2.03. The van der Waals surface area contributed by atoms with E-state index in [9.17, 15) is 0 Å². The first-order valence-electron chi connectivity index (χ1n) is 6.85. The van der Waals surface area contributed by atoms with E-state index in [0.29, 0.717) is 0 Å². The molecule has 0 saturated carbocycles. The zero-order valence-corrected chi connectivity index (χ0v) is 12.1. The van der Waals surface area contributed by atoms with Crippen LogP contribution in [-0.2, 0) is 0 Å². The van der Waals surface area contributed by atoms with Crippen molar-refractivity contribution >= 4 is 0 Å². The maximum Gasteiger partial charge on any atom is 0.137 e. The van der Waals surface area contributed by atoms with Gasteiger partial charge < -0.3 is 0 Å². The summed E-state index contributed by atoms with van der Waals surface area (Å²) in [6, 6.07) is 14.2. The van der Waals surface area contributed by atoms with Gasteiger partial charge in [0.15, 0.2) is 0 Å². The van der Waals surface area contributed by atoms with Crippen LogP contribution in [0.1, 0.15) is 19.4 Å². The van der Waals surface area contributed by atoms with E-state index in [1.54, 1.807) is 6.33 Å². The Balaban J connectivity index is 0.000000704. The predicted octanol–water partition coefficient (Wildman–Crippen LogP) is 4.27. The van der Waals surface area contributed by atoms with Gasteiger partial charge in [0.2, 0.25) is 0 Å². The number of benzene rings is 1. The van der Waals surface area contributed by atoms with Crippen LogP contribution in [0.3, 0.4) is 0 Å². The monoisotopic (exact) mass is 265 g/mol. The lowest BCUT2D eigenvalue weighted by molar-refractivity contribution is 0.988. The van der Waals surface area contributed by atoms with Crippen molar-refractivity contribution < 1.29 is 0 Å². The topological polar surface area (TPSA) is 30.7 Å². The zero-order chi connectivity index (χ0) is 14.4. The number of hydrogen-bond acceptors (Lipinski definition) is 2. The van der Waals surface area contributed by atoms with Crippen LogP contribution in [-0.4, -0.2) is 14.5 Å². The average molecular weight is 265 g/mol. The smallest absolute Gasteiger partial charge is 0.137 e. The van der Waals surface area contributed by atoms with E-state index in [4.69, 9.17) is 0 Å². The summed E-state index contributed by atoms with van der Waals surface area (Å²) in [5.41, 5.74) is 3.23. The second-order valence-electron chi connectivity index (χ2n) is 4.23. The minimum absolute atomic E-state index is 0.885. The Morgan fingerprint density at radius 3 is 2.30 bits per heavy atom. The maximum absolute atomic E-state index is 4.41. The number of hydrogen-bond donors (Lipinski definition) is 0. The Hall–Kier alpha value is -2.42. The number of imidazole rings is 1. The lowest BCUT2D eigenvalue weighted by atomic mass is 10.2. The fourth-order valence-corrected chi connectivity index (χ4v) is 1.82. The average Bonchev–Trinajstić information content (AvgIpc) is 3.01. The molecule has 3 nitrogen and oxygen atoms in total. The van der Waals surface area contributed by atoms with Crippen LogP contribution in [0, 0.1) is 6.92 Å². The summed E-state index contributed by atoms with van der Waals surface area (Å²) in [5.74, 6) is 0.885. The molecular weight excluding hydrogens is 246 g/mol. The first-order chi connectivity index (χ1) is 9.83. The van der Waals surface area contributed by atoms with Gasteiger partial charge in [-0.1, -0.05) is 50.2 Å². The van der Waals surface area contributed by atoms with Gasteiger partial charge in [0.1, 0.15) is 12.1 Å². The first-order valence-corrected chi connectivity index (χ1v) is 6.85. The second kappa shape index (κ2) is 6.66. The standard InChI is InChI=1S/C15H13N3.C2H6/c1-12-7-8-15(16-9-12)18-10-14(17-11-18)13-5-3-2-4-6-13;1-2/h2-11H,1H3;1-2H3. The van der Waals surface area contributed by atoms with E-state index in [2.05, 4.69) is 22.1 Å². The Morgan fingerprint density at radius 1 is 0.900 bits per heavy atom. The van der Waals surface area contributed by atoms with E-state index in [0.717, 1.165) is 22.6 Å². The normalized spacial score (nSPS) is 9.75. The third-order valence-corrected chi connectivity index (χ3v) is 2.81. The van der Waals surface area contributed by atoms with Crippen molar-refractivity contribution in [2.45, 2.75) is 20.8 Å². The minimum atomic E-state index is 0.885. The van der Waals surface area contributed by atoms with E-state index in [1.807, 2.05) is 68.1 Å². The third kappa shape index (κ3) is 3.12. The molecule has 0 radical (unpaired) electrons. The Morgan fingerprint density at radius 2 is 1.65 bits per heavy atom. The molecule has 20 heavy (non-hydrogen) atoms. The van der Waals surface area contributed by atoms with E-state index >= 15 is 0 Å². The summed E-state index contributed by atoms with van der Waals surface area (Å²) in [6.45, 7) is 6.03. The molecule has 1 aromatic carbocycles. The van der Waals surface area contributed by atoms with E-state index in [-0.39, 0.29) is 0 Å². The van der Waals surface area contributed by atoms with Gasteiger partial charge in [-0.2, -0.15) is 0 Å². The molecule has 0 atom stereocenters. The molecule has 0 aliphatic carbocycles. The second-order valence-corrected chi connectivity index (χ2v) is 4.23. The molecule has 0 amide bonds. The lowest BCUT2D eigenvalue weighted by Gasteiger charge is -2.00. The van der Waals surface area contributed by atoms with Crippen LogP contribution in [0.2, 0.25) is 0 Å². The number of rotatable bonds is 2. The minimum Gasteiger partial charge on any atom is -0.290 e. The van der Waals surface area contributed by atoms with Crippen LogP contribution in [0.15, 0.2) is 61.2 Å². The van der Waals surface area contributed by atoms with Gasteiger partial charge in [-0.25, -0.2) is 9.97 Å². The molecule has 0 unspecified atom stereocenters. The molecular formula is C17H19N3. The van der Waals surface area contributed by atoms with Gasteiger partial charge in [-0.3, -0.25) is 4.57 Å². The summed E-state index contributed by atoms with van der Waals surface area (Å²) in [6.07, 6.45) is 5.64. The molecule has 3 heteroatoms. The highest BCUT2D eigenvalue weighted by Crippen LogP contribution is 2.17. The van der Waals surface area contributed by atoms with Crippen LogP contribution in [0.5, 0.6) is 0 Å². The van der Waals surface area contributed by atoms with Crippen LogP contribution in [0.4, 0.5) is 0 Å². The Bertz CT molecular complexity index is 640. The van der Waals surface area contributed by atoms with Crippen LogP contribution in [0.25, 0.3) is 17.1 Å². The number of pyridine rings is 1. The van der Waals surface area contributed by atoms with Crippen LogP contribution >= 0.6 is 0 Å². The molecule has 0 N–H and O–H groups in total. The van der Waals surface area contributed by atoms with Gasteiger partial charge >= 0.3 is 0 Å². The maximum atomic E-state index is 4.41. The van der Waals surface area contributed by atoms with Crippen molar-refractivity contribution in [3.63, 3.8) is 0 Å². The summed E-state index contributed by atoms with van der Waals surface area (Å²) < 4.78 is 1.93. The molecule has 0 fully saturated rings. The highest BCUT2D eigenvalue weighted by atomic mass is 15.1. The molecule has 0 aliphatic heterocycles. The molecule has 0 spiro atoms. The molecule has 0 aliphatic rings. The van der Waals surface area contributed by atoms with Crippen molar-refractivity contribution in [1.29, 1.82) is 0 Å². The Labute approximate surface area is 120 Å². The van der Waals surface area contributed by atoms with Crippen molar-refractivity contribution in [3.8, 4) is 17.1 Å². The van der Waals surface area contributed by atoms with Gasteiger partial charge in [-0.15, -0.1) is 0 Å². The summed E-state index contributed by atoms with van der Waals surface area (Å²) in [7, 11) is 0. The quantitative estimate of drug-likeness (QED) is 0.692. The van der Waals surface area contributed by atoms with Crippen LogP contribution < -0.4 is 0 Å². The van der Waals surface area contributed by atoms with E-state index in [1.165, 1.54) is 0 Å². The Kier molecular flexibility index (Phi) is 4.66. The number of aryl methyl sites for hydroxylation is 1. The molecule has 3 rings (SSSR count). The molecule has 0 saturated heterocycles. The molecule has 0 bridgehead atoms. The predicted molar refractivity (Wildman–Crippen MR) is 82.9 cm³/mol. The molecule has 3 aromatic rings. The van der Waals surface area contributed by atoms with Crippen molar-refractivity contribution in [3.05, 3.63) is 66.7 Å². The van der Waals surface area contributed by atoms with Gasteiger partial charge in [-0.05, 0) is 18.6 Å². The summed E-state index contributed by atoms with van der Waals surface area (Å²) in [5, 5.41) is 0. The SMILES string of the molecule is CC.Cc1ccc(-n2cnc(-c3ccccc3)c2)nc1. The van der Waals surface area contributed by atoms with Gasteiger partial charge in [0.25, 0.3) is 0 Å². The van der Waals surface area contributed by atoms with E-state index < -0.39 is 0 Å². The molecule has 2 aromatic heterocycles. The fourth-order valence-electron chi connectivity index (χ4n) is 1.82. The van der Waals surface area contributed by atoms with Crippen molar-refractivity contribution in [2.24, 2.45) is 0 Å². The van der Waals surface area contributed by atoms with Crippen molar-refractivity contribution in [2.75, 3.05) is 0 Å². The fraction of sp³-hybridized carbons (Fsp3) is 0.176. The summed E-state index contributed by atoms with van der Waals surface area (Å²) >= 11 is 0. The van der Waals surface area contributed by atoms with Gasteiger partial charge in [0.05, 0.1) is 5.69 Å². The number of nitrogens with zero attached hydrogens (tertiary/aromatic N) is 3.